The number of nitrogens with two attached hydrogens (primary N) is 1. The number of hydrogen-bond donors (Lipinski definition) is 2. The van der Waals surface area contributed by atoms with Crippen molar-refractivity contribution in [3.63, 3.8) is 0 Å². The highest BCUT2D eigenvalue weighted by Gasteiger charge is 2.58. The second-order valence-electron chi connectivity index (χ2n) is 8.25. The Hall–Kier alpha value is -3.62. The maximum atomic E-state index is 14.0. The zero-order valence-corrected chi connectivity index (χ0v) is 17.6. The highest BCUT2D eigenvalue weighted by Crippen LogP contribution is 2.54. The molecule has 5 rings (SSSR count). The number of carbonyl (C=O) groups is 1. The molecule has 1 aliphatic carbocycles. The molecule has 1 saturated heterocycles. The molecule has 3 N–H and O–H groups in total. The molecule has 2 atom stereocenters. The third kappa shape index (κ3) is 3.57. The van der Waals surface area contributed by atoms with Crippen molar-refractivity contribution in [2.45, 2.75) is 30.4 Å². The van der Waals surface area contributed by atoms with E-state index in [2.05, 4.69) is 16.4 Å². The first kappa shape index (κ1) is 21.2. The maximum Gasteiger partial charge on any atom is 0.317 e. The van der Waals surface area contributed by atoms with Gasteiger partial charge in [-0.2, -0.15) is 5.26 Å². The molecule has 0 aromatic carbocycles. The van der Waals surface area contributed by atoms with Crippen molar-refractivity contribution in [3.8, 4) is 17.3 Å². The van der Waals surface area contributed by atoms with Crippen molar-refractivity contribution in [3.05, 3.63) is 41.9 Å². The first-order valence-corrected chi connectivity index (χ1v) is 10.3. The van der Waals surface area contributed by atoms with Gasteiger partial charge in [0.05, 0.1) is 41.3 Å². The van der Waals surface area contributed by atoms with Crippen molar-refractivity contribution < 1.29 is 23.0 Å². The Morgan fingerprint density at radius 1 is 1.42 bits per heavy atom. The average molecular weight is 454 g/mol. The van der Waals surface area contributed by atoms with Crippen LogP contribution in [0.1, 0.15) is 30.1 Å². The molecule has 170 valence electrons. The number of amides is 2. The van der Waals surface area contributed by atoms with E-state index in [0.717, 1.165) is 0 Å². The Morgan fingerprint density at radius 3 is 2.82 bits per heavy atom. The van der Waals surface area contributed by atoms with Crippen molar-refractivity contribution in [1.29, 1.82) is 5.26 Å². The largest absolute Gasteiger partial charge is 0.378 e. The van der Waals surface area contributed by atoms with Crippen molar-refractivity contribution in [2.24, 2.45) is 5.73 Å². The summed E-state index contributed by atoms with van der Waals surface area (Å²) >= 11 is 0. The van der Waals surface area contributed by atoms with Crippen LogP contribution in [0.25, 0.3) is 22.2 Å². The SMILES string of the molecule is COC1(c2cc(C#N)cc(-c3cn([C@@H]4CC4(F)F)c4cnc(NC(N)=O)cc34)n2)CCOC1. The van der Waals surface area contributed by atoms with Gasteiger partial charge >= 0.3 is 6.03 Å². The molecule has 4 heterocycles. The summed E-state index contributed by atoms with van der Waals surface area (Å²) in [5.41, 5.74) is 6.67. The summed E-state index contributed by atoms with van der Waals surface area (Å²) < 4.78 is 40.6. The predicted molar refractivity (Wildman–Crippen MR) is 114 cm³/mol. The Balaban J connectivity index is 1.71. The number of urea groups is 1. The Morgan fingerprint density at radius 2 is 2.21 bits per heavy atom. The average Bonchev–Trinajstić information content (AvgIpc) is 3.14. The van der Waals surface area contributed by atoms with E-state index in [9.17, 15) is 18.8 Å². The van der Waals surface area contributed by atoms with Gasteiger partial charge in [0.25, 0.3) is 5.92 Å². The quantitative estimate of drug-likeness (QED) is 0.609. The third-order valence-corrected chi connectivity index (χ3v) is 6.17. The lowest BCUT2D eigenvalue weighted by molar-refractivity contribution is -0.0245. The maximum absolute atomic E-state index is 14.0. The van der Waals surface area contributed by atoms with E-state index in [1.807, 2.05) is 0 Å². The third-order valence-electron chi connectivity index (χ3n) is 6.17. The zero-order chi connectivity index (χ0) is 23.4. The number of carbonyl (C=O) groups excluding carboxylic acids is 1. The number of ether oxygens (including phenoxy) is 2. The minimum absolute atomic E-state index is 0.172. The molecule has 9 nitrogen and oxygen atoms in total. The van der Waals surface area contributed by atoms with Gasteiger partial charge in [0.2, 0.25) is 0 Å². The van der Waals surface area contributed by atoms with Crippen LogP contribution in [-0.4, -0.2) is 46.8 Å². The number of hydrogen-bond acceptors (Lipinski definition) is 6. The minimum Gasteiger partial charge on any atom is -0.378 e. The molecule has 2 amide bonds. The molecule has 1 aliphatic heterocycles. The van der Waals surface area contributed by atoms with Crippen molar-refractivity contribution in [2.75, 3.05) is 25.6 Å². The lowest BCUT2D eigenvalue weighted by atomic mass is 9.95. The molecule has 11 heteroatoms. The van der Waals surface area contributed by atoms with E-state index < -0.39 is 23.6 Å². The summed E-state index contributed by atoms with van der Waals surface area (Å²) in [6.07, 6.45) is 3.29. The fourth-order valence-corrected chi connectivity index (χ4v) is 4.29. The van der Waals surface area contributed by atoms with Gasteiger partial charge in [0.1, 0.15) is 17.5 Å². The first-order valence-electron chi connectivity index (χ1n) is 10.3. The Kier molecular flexibility index (Phi) is 4.81. The van der Waals surface area contributed by atoms with Crippen LogP contribution in [0.4, 0.5) is 19.4 Å². The number of nitriles is 1. The van der Waals surface area contributed by atoms with Gasteiger partial charge in [-0.25, -0.2) is 23.5 Å². The van der Waals surface area contributed by atoms with Crippen LogP contribution >= 0.6 is 0 Å². The molecule has 1 saturated carbocycles. The number of nitrogens with zero attached hydrogens (tertiary/aromatic N) is 4. The number of rotatable bonds is 5. The lowest BCUT2D eigenvalue weighted by Crippen LogP contribution is -2.30. The van der Waals surface area contributed by atoms with E-state index in [-0.39, 0.29) is 18.8 Å². The number of halogens is 2. The second-order valence-corrected chi connectivity index (χ2v) is 8.25. The smallest absolute Gasteiger partial charge is 0.317 e. The predicted octanol–water partition coefficient (Wildman–Crippen LogP) is 3.30. The highest BCUT2D eigenvalue weighted by atomic mass is 19.3. The van der Waals surface area contributed by atoms with Gasteiger partial charge in [-0.1, -0.05) is 0 Å². The number of nitrogens with one attached hydrogen (secondary N) is 1. The number of methoxy groups -OCH3 is 1. The summed E-state index contributed by atoms with van der Waals surface area (Å²) in [5.74, 6) is -2.65. The monoisotopic (exact) mass is 454 g/mol. The second kappa shape index (κ2) is 7.47. The number of fused-ring (bicyclic) bond motifs is 1. The molecule has 3 aromatic heterocycles. The molecular formula is C22H20F2N6O3. The van der Waals surface area contributed by atoms with Gasteiger partial charge in [-0.05, 0) is 18.2 Å². The van der Waals surface area contributed by atoms with Crippen LogP contribution in [0.15, 0.2) is 30.6 Å². The van der Waals surface area contributed by atoms with Crippen molar-refractivity contribution >= 4 is 22.8 Å². The Bertz CT molecular complexity index is 1310. The molecule has 2 fully saturated rings. The minimum atomic E-state index is -2.82. The Labute approximate surface area is 187 Å². The van der Waals surface area contributed by atoms with Gasteiger partial charge in [0, 0.05) is 43.7 Å². The fraction of sp³-hybridized carbons (Fsp3) is 0.364. The highest BCUT2D eigenvalue weighted by molar-refractivity contribution is 5.98. The van der Waals surface area contributed by atoms with Gasteiger partial charge in [-0.15, -0.1) is 0 Å². The number of alkyl halides is 2. The van der Waals surface area contributed by atoms with E-state index in [0.29, 0.717) is 46.4 Å². The first-order chi connectivity index (χ1) is 15.8. The van der Waals surface area contributed by atoms with Crippen molar-refractivity contribution in [1.82, 2.24) is 14.5 Å². The van der Waals surface area contributed by atoms with Gasteiger partial charge in [-0.3, -0.25) is 5.32 Å². The van der Waals surface area contributed by atoms with Crippen LogP contribution in [0, 0.1) is 11.3 Å². The van der Waals surface area contributed by atoms with Crippen LogP contribution in [-0.2, 0) is 15.1 Å². The van der Waals surface area contributed by atoms with Crippen LogP contribution in [0.5, 0.6) is 0 Å². The molecule has 1 unspecified atom stereocenters. The van der Waals surface area contributed by atoms with E-state index >= 15 is 0 Å². The summed E-state index contributed by atoms with van der Waals surface area (Å²) in [4.78, 5) is 20.2. The lowest BCUT2D eigenvalue weighted by Gasteiger charge is -2.25. The van der Waals surface area contributed by atoms with Crippen LogP contribution in [0.3, 0.4) is 0 Å². The number of pyridine rings is 2. The summed E-state index contributed by atoms with van der Waals surface area (Å²) in [5, 5.41) is 12.6. The van der Waals surface area contributed by atoms with E-state index in [4.69, 9.17) is 20.2 Å². The summed E-state index contributed by atoms with van der Waals surface area (Å²) in [6.45, 7) is 0.781. The molecular weight excluding hydrogens is 434 g/mol. The van der Waals surface area contributed by atoms with Crippen LogP contribution < -0.4 is 11.1 Å². The van der Waals surface area contributed by atoms with Gasteiger partial charge < -0.3 is 19.8 Å². The molecule has 0 radical (unpaired) electrons. The number of aromatic nitrogens is 3. The van der Waals surface area contributed by atoms with E-state index in [1.54, 1.807) is 31.5 Å². The standard InChI is InChI=1S/C22H20F2N6O3/c1-32-21(2-3-33-11-21)17-5-12(8-25)4-15(28-17)14-10-30(18-7-22(18,23)24)16-9-27-19(6-13(14)16)29-20(26)31/h4-6,9-10,18H,2-3,7,11H2,1H3,(H3,26,27,29,31)/t18-,21?/m1/s1. The normalized spacial score (nSPS) is 23.4. The van der Waals surface area contributed by atoms with Gasteiger partial charge in [0.15, 0.2) is 0 Å². The number of primary amides is 1. The molecule has 0 bridgehead atoms. The molecule has 2 aliphatic rings. The van der Waals surface area contributed by atoms with E-state index in [1.165, 1.54) is 10.8 Å². The van der Waals surface area contributed by atoms with Crippen LogP contribution in [0.2, 0.25) is 0 Å². The number of anilines is 1. The summed E-state index contributed by atoms with van der Waals surface area (Å²) in [6, 6.07) is 5.13. The molecule has 33 heavy (non-hydrogen) atoms. The topological polar surface area (TPSA) is 128 Å². The fourth-order valence-electron chi connectivity index (χ4n) is 4.29. The summed E-state index contributed by atoms with van der Waals surface area (Å²) in [7, 11) is 1.56. The molecule has 0 spiro atoms. The zero-order valence-electron chi connectivity index (χ0n) is 17.6. The molecule has 3 aromatic rings.